The lowest BCUT2D eigenvalue weighted by Gasteiger charge is -2.32. The second kappa shape index (κ2) is 7.81. The smallest absolute Gasteiger partial charge is 0.277 e. The van der Waals surface area contributed by atoms with E-state index in [1.165, 1.54) is 11.8 Å². The van der Waals surface area contributed by atoms with Gasteiger partial charge >= 0.3 is 0 Å². The van der Waals surface area contributed by atoms with Gasteiger partial charge in [-0.25, -0.2) is 0 Å². The number of nitrogens with one attached hydrogen (secondary N) is 1. The second-order valence-electron chi connectivity index (χ2n) is 5.93. The molecule has 1 atom stereocenters. The number of aromatic nitrogens is 2. The molecule has 0 radical (unpaired) electrons. The summed E-state index contributed by atoms with van der Waals surface area (Å²) in [5.74, 6) is 0.632. The minimum Gasteiger partial charge on any atom is -0.411 e. The van der Waals surface area contributed by atoms with Crippen LogP contribution in [0.15, 0.2) is 40.0 Å². The highest BCUT2D eigenvalue weighted by Gasteiger charge is 2.27. The third kappa shape index (κ3) is 3.96. The summed E-state index contributed by atoms with van der Waals surface area (Å²) in [6, 6.07) is 9.64. The summed E-state index contributed by atoms with van der Waals surface area (Å²) in [6.45, 7) is 8.91. The van der Waals surface area contributed by atoms with Crippen molar-refractivity contribution in [3.05, 3.63) is 30.3 Å². The maximum atomic E-state index is 12.6. The first kappa shape index (κ1) is 17.0. The van der Waals surface area contributed by atoms with E-state index < -0.39 is 0 Å². The highest BCUT2D eigenvalue weighted by Crippen LogP contribution is 2.26. The Kier molecular flexibility index (Phi) is 5.52. The molecule has 1 N–H and O–H groups in total. The van der Waals surface area contributed by atoms with Crippen LogP contribution in [0, 0.1) is 0 Å². The number of benzene rings is 1. The van der Waals surface area contributed by atoms with E-state index in [1.807, 2.05) is 42.2 Å². The lowest BCUT2D eigenvalue weighted by atomic mass is 10.2. The van der Waals surface area contributed by atoms with E-state index in [0.717, 1.165) is 38.3 Å². The van der Waals surface area contributed by atoms with Gasteiger partial charge in [0.15, 0.2) is 0 Å². The maximum absolute atomic E-state index is 12.6. The number of piperazine rings is 1. The first-order valence-electron chi connectivity index (χ1n) is 8.35. The SMILES string of the molecule is CC[NH+]1CCN(C(=O)[C@H](C)Sc2nnc(-c3ccccc3)o2)CC1. The Morgan fingerprint density at radius 1 is 1.29 bits per heavy atom. The third-order valence-corrected chi connectivity index (χ3v) is 5.26. The molecule has 0 aliphatic carbocycles. The molecule has 6 nitrogen and oxygen atoms in total. The predicted octanol–water partition coefficient (Wildman–Crippen LogP) is 0.964. The molecule has 1 amide bonds. The van der Waals surface area contributed by atoms with Crippen molar-refractivity contribution in [1.82, 2.24) is 15.1 Å². The lowest BCUT2D eigenvalue weighted by Crippen LogP contribution is -3.14. The Balaban J connectivity index is 1.58. The molecule has 1 fully saturated rings. The van der Waals surface area contributed by atoms with Gasteiger partial charge in [0.25, 0.3) is 5.22 Å². The quantitative estimate of drug-likeness (QED) is 0.817. The molecule has 1 aliphatic heterocycles. The lowest BCUT2D eigenvalue weighted by molar-refractivity contribution is -0.902. The van der Waals surface area contributed by atoms with E-state index in [9.17, 15) is 4.79 Å². The fourth-order valence-electron chi connectivity index (χ4n) is 2.81. The molecule has 0 bridgehead atoms. The van der Waals surface area contributed by atoms with E-state index in [2.05, 4.69) is 17.1 Å². The first-order valence-corrected chi connectivity index (χ1v) is 9.23. The molecular weight excluding hydrogens is 324 g/mol. The van der Waals surface area contributed by atoms with Crippen LogP contribution in [0.5, 0.6) is 0 Å². The van der Waals surface area contributed by atoms with Crippen molar-refractivity contribution in [2.24, 2.45) is 0 Å². The van der Waals surface area contributed by atoms with Crippen LogP contribution in [-0.4, -0.2) is 59.0 Å². The highest BCUT2D eigenvalue weighted by molar-refractivity contribution is 8.00. The molecule has 1 aromatic carbocycles. The molecule has 128 valence electrons. The summed E-state index contributed by atoms with van der Waals surface area (Å²) in [7, 11) is 0. The van der Waals surface area contributed by atoms with E-state index in [1.54, 1.807) is 4.90 Å². The zero-order chi connectivity index (χ0) is 16.9. The molecule has 2 heterocycles. The topological polar surface area (TPSA) is 63.7 Å². The molecule has 1 saturated heterocycles. The molecule has 7 heteroatoms. The van der Waals surface area contributed by atoms with Crippen molar-refractivity contribution in [2.45, 2.75) is 24.3 Å². The minimum atomic E-state index is -0.225. The number of thioether (sulfide) groups is 1. The molecule has 0 spiro atoms. The maximum Gasteiger partial charge on any atom is 0.277 e. The van der Waals surface area contributed by atoms with Gasteiger partial charge in [-0.1, -0.05) is 30.0 Å². The van der Waals surface area contributed by atoms with Crippen LogP contribution in [0.4, 0.5) is 0 Å². The Morgan fingerprint density at radius 2 is 2.00 bits per heavy atom. The highest BCUT2D eigenvalue weighted by atomic mass is 32.2. The minimum absolute atomic E-state index is 0.148. The number of carbonyl (C=O) groups excluding carboxylic acids is 1. The van der Waals surface area contributed by atoms with Gasteiger partial charge in [-0.3, -0.25) is 4.79 Å². The van der Waals surface area contributed by atoms with Crippen molar-refractivity contribution in [1.29, 1.82) is 0 Å². The van der Waals surface area contributed by atoms with Gasteiger partial charge in [-0.05, 0) is 26.0 Å². The number of quaternary nitrogens is 1. The molecular formula is C17H23N4O2S+. The molecule has 24 heavy (non-hydrogen) atoms. The van der Waals surface area contributed by atoms with Crippen LogP contribution in [0.25, 0.3) is 11.5 Å². The van der Waals surface area contributed by atoms with E-state index in [-0.39, 0.29) is 11.2 Å². The van der Waals surface area contributed by atoms with Crippen molar-refractivity contribution >= 4 is 17.7 Å². The second-order valence-corrected chi connectivity index (χ2v) is 7.22. The van der Waals surface area contributed by atoms with Crippen LogP contribution < -0.4 is 4.90 Å². The third-order valence-electron chi connectivity index (χ3n) is 4.33. The van der Waals surface area contributed by atoms with Gasteiger partial charge in [-0.2, -0.15) is 0 Å². The van der Waals surface area contributed by atoms with E-state index in [0.29, 0.717) is 11.1 Å². The van der Waals surface area contributed by atoms with Crippen molar-refractivity contribution in [2.75, 3.05) is 32.7 Å². The molecule has 0 unspecified atom stereocenters. The van der Waals surface area contributed by atoms with Gasteiger partial charge in [0, 0.05) is 5.56 Å². The molecule has 2 aromatic rings. The van der Waals surface area contributed by atoms with Crippen LogP contribution in [-0.2, 0) is 4.79 Å². The summed E-state index contributed by atoms with van der Waals surface area (Å²) in [6.07, 6.45) is 0. The van der Waals surface area contributed by atoms with Gasteiger partial charge < -0.3 is 14.2 Å². The Morgan fingerprint density at radius 3 is 2.67 bits per heavy atom. The number of nitrogens with zero attached hydrogens (tertiary/aromatic N) is 3. The Hall–Kier alpha value is -1.86. The monoisotopic (exact) mass is 347 g/mol. The molecule has 1 aliphatic rings. The summed E-state index contributed by atoms with van der Waals surface area (Å²) in [4.78, 5) is 16.1. The average molecular weight is 347 g/mol. The van der Waals surface area contributed by atoms with Crippen molar-refractivity contribution < 1.29 is 14.1 Å². The summed E-state index contributed by atoms with van der Waals surface area (Å²) in [5, 5.41) is 8.34. The number of carbonyl (C=O) groups is 1. The number of rotatable bonds is 5. The van der Waals surface area contributed by atoms with Crippen LogP contribution in [0.2, 0.25) is 0 Å². The standard InChI is InChI=1S/C17H22N4O2S/c1-3-20-9-11-21(12-10-20)16(22)13(2)24-17-19-18-15(23-17)14-7-5-4-6-8-14/h4-8,13H,3,9-12H2,1-2H3/p+1/t13-/m0/s1. The molecule has 0 saturated carbocycles. The number of hydrogen-bond donors (Lipinski definition) is 1. The van der Waals surface area contributed by atoms with Gasteiger partial charge in [0.1, 0.15) is 0 Å². The largest absolute Gasteiger partial charge is 0.411 e. The average Bonchev–Trinajstić information content (AvgIpc) is 3.10. The van der Waals surface area contributed by atoms with Crippen molar-refractivity contribution in [3.8, 4) is 11.5 Å². The van der Waals surface area contributed by atoms with Crippen LogP contribution >= 0.6 is 11.8 Å². The normalized spacial score (nSPS) is 17.0. The Bertz CT molecular complexity index is 668. The Labute approximate surface area is 146 Å². The van der Waals surface area contributed by atoms with Crippen molar-refractivity contribution in [3.63, 3.8) is 0 Å². The van der Waals surface area contributed by atoms with Gasteiger partial charge in [0.05, 0.1) is 38.0 Å². The fraction of sp³-hybridized carbons (Fsp3) is 0.471. The summed E-state index contributed by atoms with van der Waals surface area (Å²) >= 11 is 1.33. The number of hydrogen-bond acceptors (Lipinski definition) is 5. The molecule has 3 rings (SSSR count). The summed E-state index contributed by atoms with van der Waals surface area (Å²) in [5.41, 5.74) is 0.884. The zero-order valence-electron chi connectivity index (χ0n) is 14.1. The van der Waals surface area contributed by atoms with Crippen LogP contribution in [0.3, 0.4) is 0 Å². The number of amides is 1. The predicted molar refractivity (Wildman–Crippen MR) is 92.9 cm³/mol. The van der Waals surface area contributed by atoms with E-state index in [4.69, 9.17) is 4.42 Å². The fourth-order valence-corrected chi connectivity index (χ4v) is 3.58. The van der Waals surface area contributed by atoms with E-state index >= 15 is 0 Å². The summed E-state index contributed by atoms with van der Waals surface area (Å²) < 4.78 is 5.68. The molecule has 1 aromatic heterocycles. The zero-order valence-corrected chi connectivity index (χ0v) is 14.9. The van der Waals surface area contributed by atoms with Gasteiger partial charge in [0.2, 0.25) is 11.8 Å². The van der Waals surface area contributed by atoms with Gasteiger partial charge in [-0.15, -0.1) is 10.2 Å². The van der Waals surface area contributed by atoms with Crippen LogP contribution in [0.1, 0.15) is 13.8 Å². The number of likely N-dealkylation sites (N-methyl/N-ethyl adjacent to an activating group) is 1. The first-order chi connectivity index (χ1) is 11.7.